The molecule has 0 spiro atoms. The van der Waals surface area contributed by atoms with Crippen molar-refractivity contribution in [2.75, 3.05) is 7.11 Å². The first-order chi connectivity index (χ1) is 8.05. The maximum atomic E-state index is 11.0. The quantitative estimate of drug-likeness (QED) is 0.848. The molecule has 17 heavy (non-hydrogen) atoms. The number of pyridine rings is 1. The number of aliphatic carboxylic acids is 1. The van der Waals surface area contributed by atoms with Gasteiger partial charge in [-0.2, -0.15) is 0 Å². The second-order valence-corrected chi connectivity index (χ2v) is 3.93. The van der Waals surface area contributed by atoms with Crippen LogP contribution in [0, 0.1) is 0 Å². The lowest BCUT2D eigenvalue weighted by Crippen LogP contribution is -2.35. The maximum absolute atomic E-state index is 11.0. The summed E-state index contributed by atoms with van der Waals surface area (Å²) in [5.41, 5.74) is 0.0238. The number of carboxylic acids is 1. The molecule has 1 aliphatic heterocycles. The molecule has 6 nitrogen and oxygen atoms in total. The lowest BCUT2D eigenvalue weighted by atomic mass is 9.97. The molecule has 0 aromatic carbocycles. The molecule has 0 saturated carbocycles. The van der Waals surface area contributed by atoms with Crippen LogP contribution in [-0.4, -0.2) is 34.5 Å². The monoisotopic (exact) mass is 236 g/mol. The molecule has 1 N–H and O–H groups in total. The van der Waals surface area contributed by atoms with E-state index in [1.165, 1.54) is 14.0 Å². The summed E-state index contributed by atoms with van der Waals surface area (Å²) in [5.74, 6) is -0.535. The van der Waals surface area contributed by atoms with E-state index in [-0.39, 0.29) is 6.42 Å². The molecule has 0 aliphatic carbocycles. The molecule has 0 radical (unpaired) electrons. The van der Waals surface area contributed by atoms with Crippen LogP contribution in [0.2, 0.25) is 0 Å². The number of hydrogen-bond donors (Lipinski definition) is 1. The van der Waals surface area contributed by atoms with Crippen LogP contribution in [0.5, 0.6) is 5.88 Å². The molecule has 0 saturated heterocycles. The van der Waals surface area contributed by atoms with Crippen LogP contribution in [0.15, 0.2) is 23.5 Å². The first-order valence-electron chi connectivity index (χ1n) is 5.04. The molecular formula is C11H12N2O4. The maximum Gasteiger partial charge on any atom is 0.351 e. The van der Waals surface area contributed by atoms with Gasteiger partial charge in [0, 0.05) is 24.2 Å². The molecule has 1 aromatic heterocycles. The number of oxime groups is 1. The zero-order valence-electron chi connectivity index (χ0n) is 9.51. The van der Waals surface area contributed by atoms with Crippen LogP contribution in [0.4, 0.5) is 0 Å². The van der Waals surface area contributed by atoms with Crippen molar-refractivity contribution in [2.24, 2.45) is 5.16 Å². The molecule has 0 bridgehead atoms. The Hall–Kier alpha value is -2.11. The largest absolute Gasteiger partial charge is 0.481 e. The van der Waals surface area contributed by atoms with E-state index in [1.54, 1.807) is 18.3 Å². The highest BCUT2D eigenvalue weighted by molar-refractivity contribution is 6.04. The predicted octanol–water partition coefficient (Wildman–Crippen LogP) is 1.06. The van der Waals surface area contributed by atoms with Gasteiger partial charge in [-0.1, -0.05) is 5.16 Å². The third-order valence-corrected chi connectivity index (χ3v) is 2.59. The minimum atomic E-state index is -1.28. The Bertz CT molecular complexity index is 469. The van der Waals surface area contributed by atoms with E-state index in [2.05, 4.69) is 10.1 Å². The molecular weight excluding hydrogens is 224 g/mol. The standard InChI is InChI=1S/C11H12N2O4/c1-11(10(14)15)5-8(13-17-11)7-3-4-9(16-2)12-6-7/h3-4,6H,5H2,1-2H3,(H,14,15). The van der Waals surface area contributed by atoms with E-state index in [9.17, 15) is 4.79 Å². The zero-order chi connectivity index (χ0) is 12.5. The summed E-state index contributed by atoms with van der Waals surface area (Å²) >= 11 is 0. The second-order valence-electron chi connectivity index (χ2n) is 3.93. The molecule has 0 amide bonds. The number of nitrogens with zero attached hydrogens (tertiary/aromatic N) is 2. The van der Waals surface area contributed by atoms with E-state index in [4.69, 9.17) is 14.7 Å². The molecule has 6 heteroatoms. The van der Waals surface area contributed by atoms with E-state index in [0.717, 1.165) is 5.56 Å². The average molecular weight is 236 g/mol. The Labute approximate surface area is 97.9 Å². The number of methoxy groups -OCH3 is 1. The van der Waals surface area contributed by atoms with Crippen molar-refractivity contribution in [3.63, 3.8) is 0 Å². The van der Waals surface area contributed by atoms with E-state index in [1.807, 2.05) is 0 Å². The van der Waals surface area contributed by atoms with Crippen LogP contribution < -0.4 is 4.74 Å². The summed E-state index contributed by atoms with van der Waals surface area (Å²) in [6.07, 6.45) is 1.80. The van der Waals surface area contributed by atoms with Gasteiger partial charge in [0.1, 0.15) is 0 Å². The van der Waals surface area contributed by atoms with Crippen molar-refractivity contribution in [2.45, 2.75) is 18.9 Å². The van der Waals surface area contributed by atoms with E-state index >= 15 is 0 Å². The van der Waals surface area contributed by atoms with Crippen molar-refractivity contribution in [1.29, 1.82) is 0 Å². The number of hydrogen-bond acceptors (Lipinski definition) is 5. The Kier molecular flexibility index (Phi) is 2.71. The molecule has 1 aliphatic rings. The molecule has 2 heterocycles. The highest BCUT2D eigenvalue weighted by Crippen LogP contribution is 2.26. The summed E-state index contributed by atoms with van der Waals surface area (Å²) < 4.78 is 4.93. The molecule has 1 aromatic rings. The van der Waals surface area contributed by atoms with Crippen LogP contribution in [0.3, 0.4) is 0 Å². The summed E-state index contributed by atoms with van der Waals surface area (Å²) in [6.45, 7) is 1.49. The van der Waals surface area contributed by atoms with Gasteiger partial charge in [0.15, 0.2) is 0 Å². The van der Waals surface area contributed by atoms with Gasteiger partial charge in [0.2, 0.25) is 11.5 Å². The summed E-state index contributed by atoms with van der Waals surface area (Å²) in [6, 6.07) is 3.45. The van der Waals surface area contributed by atoms with Gasteiger partial charge < -0.3 is 14.7 Å². The fourth-order valence-electron chi connectivity index (χ4n) is 1.48. The van der Waals surface area contributed by atoms with Crippen LogP contribution in [0.25, 0.3) is 0 Å². The topological polar surface area (TPSA) is 81.0 Å². The summed E-state index contributed by atoms with van der Waals surface area (Å²) in [5, 5.41) is 12.8. The lowest BCUT2D eigenvalue weighted by molar-refractivity contribution is -0.160. The molecule has 1 atom stereocenters. The minimum Gasteiger partial charge on any atom is -0.481 e. The van der Waals surface area contributed by atoms with Gasteiger partial charge in [0.25, 0.3) is 0 Å². The minimum absolute atomic E-state index is 0.219. The molecule has 2 rings (SSSR count). The smallest absolute Gasteiger partial charge is 0.351 e. The van der Waals surface area contributed by atoms with Gasteiger partial charge in [-0.25, -0.2) is 9.78 Å². The van der Waals surface area contributed by atoms with Crippen LogP contribution in [-0.2, 0) is 9.63 Å². The zero-order valence-corrected chi connectivity index (χ0v) is 9.51. The Morgan fingerprint density at radius 2 is 2.35 bits per heavy atom. The molecule has 90 valence electrons. The number of carbonyl (C=O) groups is 1. The van der Waals surface area contributed by atoms with Crippen molar-refractivity contribution >= 4 is 11.7 Å². The lowest BCUT2D eigenvalue weighted by Gasteiger charge is -2.14. The Morgan fingerprint density at radius 3 is 2.82 bits per heavy atom. The van der Waals surface area contributed by atoms with Gasteiger partial charge >= 0.3 is 5.97 Å². The van der Waals surface area contributed by atoms with Gasteiger partial charge in [0.05, 0.1) is 12.8 Å². The van der Waals surface area contributed by atoms with E-state index < -0.39 is 11.6 Å². The highest BCUT2D eigenvalue weighted by atomic mass is 16.7. The van der Waals surface area contributed by atoms with E-state index in [0.29, 0.717) is 11.6 Å². The fraction of sp³-hybridized carbons (Fsp3) is 0.364. The molecule has 1 unspecified atom stereocenters. The van der Waals surface area contributed by atoms with Gasteiger partial charge in [-0.15, -0.1) is 0 Å². The molecule has 0 fully saturated rings. The SMILES string of the molecule is COc1ccc(C2=NOC(C)(C(=O)O)C2)cn1. The third kappa shape index (κ3) is 2.06. The summed E-state index contributed by atoms with van der Waals surface area (Å²) in [4.78, 5) is 19.9. The Morgan fingerprint density at radius 1 is 1.59 bits per heavy atom. The first-order valence-corrected chi connectivity index (χ1v) is 5.04. The number of aromatic nitrogens is 1. The highest BCUT2D eigenvalue weighted by Gasteiger charge is 2.42. The fourth-order valence-corrected chi connectivity index (χ4v) is 1.48. The predicted molar refractivity (Wildman–Crippen MR) is 59.1 cm³/mol. The number of ether oxygens (including phenoxy) is 1. The average Bonchev–Trinajstić information content (AvgIpc) is 2.74. The second kappa shape index (κ2) is 4.04. The first kappa shape index (κ1) is 11.4. The summed E-state index contributed by atoms with van der Waals surface area (Å²) in [7, 11) is 1.53. The number of rotatable bonds is 3. The van der Waals surface area contributed by atoms with Gasteiger partial charge in [-0.3, -0.25) is 0 Å². The van der Waals surface area contributed by atoms with Crippen molar-refractivity contribution in [3.8, 4) is 5.88 Å². The third-order valence-electron chi connectivity index (χ3n) is 2.59. The van der Waals surface area contributed by atoms with Crippen molar-refractivity contribution < 1.29 is 19.5 Å². The number of carboxylic acid groups (broad SMARTS) is 1. The van der Waals surface area contributed by atoms with Gasteiger partial charge in [-0.05, 0) is 13.0 Å². The Balaban J connectivity index is 2.17. The van der Waals surface area contributed by atoms with Crippen LogP contribution in [0.1, 0.15) is 18.9 Å². The normalized spacial score (nSPS) is 22.8. The van der Waals surface area contributed by atoms with Crippen molar-refractivity contribution in [1.82, 2.24) is 4.98 Å². The van der Waals surface area contributed by atoms with Crippen molar-refractivity contribution in [3.05, 3.63) is 23.9 Å². The van der Waals surface area contributed by atoms with Crippen LogP contribution >= 0.6 is 0 Å².